The maximum atomic E-state index is 15.7. The number of carbonyl (C=O) groups excluding carboxylic acids is 7. The Balaban J connectivity index is 1.43. The number of aliphatic hydroxyl groups is 2. The zero-order valence-electron chi connectivity index (χ0n) is 38.8. The van der Waals surface area contributed by atoms with Crippen LogP contribution in [0, 0.1) is 16.7 Å². The van der Waals surface area contributed by atoms with Crippen LogP contribution in [0.25, 0.3) is 0 Å². The summed E-state index contributed by atoms with van der Waals surface area (Å²) in [5, 5.41) is 28.9. The molecule has 16 nitrogen and oxygen atoms in total. The minimum absolute atomic E-state index is 0.0255. The van der Waals surface area contributed by atoms with Gasteiger partial charge in [0.2, 0.25) is 6.10 Å². The van der Waals surface area contributed by atoms with E-state index < -0.39 is 123 Å². The van der Waals surface area contributed by atoms with Crippen molar-refractivity contribution in [3.8, 4) is 0 Å². The highest BCUT2D eigenvalue weighted by Crippen LogP contribution is 2.64. The van der Waals surface area contributed by atoms with Crippen LogP contribution in [0.4, 0.5) is 0 Å². The fourth-order valence-electron chi connectivity index (χ4n) is 10.7. The van der Waals surface area contributed by atoms with Crippen LogP contribution in [0.3, 0.4) is 0 Å². The van der Waals surface area contributed by atoms with Gasteiger partial charge < -0.3 is 44.0 Å². The van der Waals surface area contributed by atoms with Crippen molar-refractivity contribution in [1.82, 2.24) is 5.32 Å². The molecule has 3 fully saturated rings. The van der Waals surface area contributed by atoms with Crippen molar-refractivity contribution in [2.75, 3.05) is 6.61 Å². The topological polar surface area (TPSA) is 227 Å². The Morgan fingerprint density at radius 2 is 1.43 bits per heavy atom. The van der Waals surface area contributed by atoms with Gasteiger partial charge in [-0.1, -0.05) is 103 Å². The number of Topliss-reactive ketones (excluding diaryl/α,β-unsaturated/α-hetero) is 1. The summed E-state index contributed by atoms with van der Waals surface area (Å²) in [6.45, 7) is 9.65. The van der Waals surface area contributed by atoms with E-state index >= 15 is 9.59 Å². The Morgan fingerprint density at radius 1 is 0.838 bits per heavy atom. The summed E-state index contributed by atoms with van der Waals surface area (Å²) >= 11 is 3.31. The zero-order chi connectivity index (χ0) is 49.5. The Kier molecular flexibility index (Phi) is 14.3. The normalized spacial score (nSPS) is 30.5. The van der Waals surface area contributed by atoms with Crippen molar-refractivity contribution >= 4 is 57.5 Å². The van der Waals surface area contributed by atoms with E-state index in [-0.39, 0.29) is 41.7 Å². The number of fused-ring (bicyclic) bond motifs is 5. The molecule has 3 aromatic rings. The Bertz CT molecular complexity index is 2480. The van der Waals surface area contributed by atoms with Gasteiger partial charge in [-0.25, -0.2) is 9.59 Å². The van der Waals surface area contributed by atoms with E-state index in [2.05, 4.69) is 21.2 Å². The molecule has 17 heteroatoms. The lowest BCUT2D eigenvalue weighted by Gasteiger charge is -2.67. The van der Waals surface area contributed by atoms with Crippen molar-refractivity contribution in [2.45, 2.75) is 126 Å². The molecule has 3 aromatic carbocycles. The summed E-state index contributed by atoms with van der Waals surface area (Å²) in [4.78, 5) is 98.1. The number of ether oxygens (including phenoxy) is 6. The minimum atomic E-state index is -2.44. The number of benzene rings is 3. The SMILES string of the molecule is CCC(Br)C(=O)O[C@@H](C(=O)O[C@H]1C[C@@]2(O)[C@@H](OC(=O)c3ccccc3)[C@@H]3[C@]4(OC(C)=O)CO[C@@H]4C[C@H](O)[C@@]3(C)C(=O)[C@H](OC(C)=O)C(=C1C)C2(C)C)[C@@H](NC(=O)c1ccccc1)c1ccccc1. The zero-order valence-corrected chi connectivity index (χ0v) is 40.4. The number of hydrogen-bond donors (Lipinski definition) is 3. The first-order valence-electron chi connectivity index (χ1n) is 22.5. The summed E-state index contributed by atoms with van der Waals surface area (Å²) in [6.07, 6.45) is -10.3. The van der Waals surface area contributed by atoms with E-state index in [4.69, 9.17) is 28.4 Å². The molecule has 1 heterocycles. The number of ketones is 1. The van der Waals surface area contributed by atoms with Crippen LogP contribution in [0.5, 0.6) is 0 Å². The third-order valence-electron chi connectivity index (χ3n) is 14.3. The Morgan fingerprint density at radius 3 is 1.97 bits per heavy atom. The van der Waals surface area contributed by atoms with Gasteiger partial charge in [0, 0.05) is 37.7 Å². The third kappa shape index (κ3) is 8.78. The Labute approximate surface area is 402 Å². The van der Waals surface area contributed by atoms with Gasteiger partial charge in [-0.15, -0.1) is 0 Å². The monoisotopic (exact) mass is 1000 g/mol. The fourth-order valence-corrected chi connectivity index (χ4v) is 10.8. The van der Waals surface area contributed by atoms with Crippen molar-refractivity contribution in [2.24, 2.45) is 16.7 Å². The highest BCUT2D eigenvalue weighted by Gasteiger charge is 2.78. The molecule has 1 saturated heterocycles. The number of hydrogen-bond acceptors (Lipinski definition) is 15. The van der Waals surface area contributed by atoms with Crippen molar-refractivity contribution in [1.29, 1.82) is 0 Å². The second kappa shape index (κ2) is 19.3. The van der Waals surface area contributed by atoms with E-state index in [0.29, 0.717) is 5.56 Å². The predicted molar refractivity (Wildman–Crippen MR) is 245 cm³/mol. The van der Waals surface area contributed by atoms with Crippen LogP contribution >= 0.6 is 15.9 Å². The predicted octanol–water partition coefficient (Wildman–Crippen LogP) is 5.46. The van der Waals surface area contributed by atoms with Gasteiger partial charge in [0.05, 0.1) is 29.6 Å². The molecule has 1 amide bonds. The number of carbonyl (C=O) groups is 7. The first kappa shape index (κ1) is 50.1. The van der Waals surface area contributed by atoms with Crippen LogP contribution in [0.2, 0.25) is 0 Å². The first-order valence-corrected chi connectivity index (χ1v) is 23.4. The van der Waals surface area contributed by atoms with Gasteiger partial charge in [0.1, 0.15) is 34.8 Å². The molecular formula is C51H56BrNO15. The third-order valence-corrected chi connectivity index (χ3v) is 15.3. The van der Waals surface area contributed by atoms with E-state index in [1.807, 2.05) is 0 Å². The molecule has 4 aliphatic rings. The average Bonchev–Trinajstić information content (AvgIpc) is 3.31. The molecule has 2 saturated carbocycles. The number of aliphatic hydroxyl groups excluding tert-OH is 1. The summed E-state index contributed by atoms with van der Waals surface area (Å²) in [7, 11) is 0. The van der Waals surface area contributed by atoms with Crippen molar-refractivity contribution < 1.29 is 72.2 Å². The largest absolute Gasteiger partial charge is 0.455 e. The molecule has 7 rings (SSSR count). The second-order valence-corrected chi connectivity index (χ2v) is 19.7. The van der Waals surface area contributed by atoms with Crippen LogP contribution < -0.4 is 5.32 Å². The highest BCUT2D eigenvalue weighted by molar-refractivity contribution is 9.10. The standard InChI is InChI=1S/C51H56BrNO15/c1-8-33(52)46(60)66-40(38(30-18-12-9-13-19-30)53-44(58)31-20-14-10-15-21-31)47(61)65-34-25-51(62)43(67-45(59)32-22-16-11-17-23-32)41-49(7,35(56)24-36-50(41,26-63-36)68-29(4)55)42(57)39(64-28(3)54)37(27(34)2)48(51,5)6/h9-23,33-36,38-41,43,56,62H,8,24-26H2,1-7H3,(H,53,58)/t33?,34-,35-,36+,38-,39+,40+,41-,43-,49+,50-,51+/m0/s1. The summed E-state index contributed by atoms with van der Waals surface area (Å²) in [5.74, 6) is -7.77. The van der Waals surface area contributed by atoms with Crippen LogP contribution in [-0.4, -0.2) is 111 Å². The number of halogens is 1. The summed E-state index contributed by atoms with van der Waals surface area (Å²) in [5.41, 5.74) is -7.27. The molecule has 2 bridgehead atoms. The molecule has 362 valence electrons. The molecule has 12 atom stereocenters. The molecule has 0 radical (unpaired) electrons. The number of alkyl halides is 1. The number of rotatable bonds is 13. The van der Waals surface area contributed by atoms with Gasteiger partial charge >= 0.3 is 29.8 Å². The lowest BCUT2D eigenvalue weighted by atomic mass is 9.44. The molecule has 68 heavy (non-hydrogen) atoms. The van der Waals surface area contributed by atoms with Crippen LogP contribution in [-0.2, 0) is 52.4 Å². The lowest BCUT2D eigenvalue weighted by molar-refractivity contribution is -0.346. The second-order valence-electron chi connectivity index (χ2n) is 18.6. The lowest BCUT2D eigenvalue weighted by Crippen LogP contribution is -2.82. The van der Waals surface area contributed by atoms with Gasteiger partial charge in [-0.3, -0.25) is 24.0 Å². The van der Waals surface area contributed by atoms with Crippen LogP contribution in [0.1, 0.15) is 100 Å². The minimum Gasteiger partial charge on any atom is -0.455 e. The van der Waals surface area contributed by atoms with Crippen molar-refractivity contribution in [3.63, 3.8) is 0 Å². The molecule has 0 spiro atoms. The maximum absolute atomic E-state index is 15.7. The van der Waals surface area contributed by atoms with Gasteiger partial charge in [-0.2, -0.15) is 0 Å². The van der Waals surface area contributed by atoms with Crippen molar-refractivity contribution in [3.05, 3.63) is 119 Å². The molecule has 1 unspecified atom stereocenters. The number of nitrogens with one attached hydrogen (secondary N) is 1. The number of esters is 5. The summed E-state index contributed by atoms with van der Waals surface area (Å²) < 4.78 is 36.7. The first-order chi connectivity index (χ1) is 32.1. The Hall–Kier alpha value is -5.75. The molecule has 3 aliphatic carbocycles. The molecule has 1 aliphatic heterocycles. The fraction of sp³-hybridized carbons (Fsp3) is 0.471. The summed E-state index contributed by atoms with van der Waals surface area (Å²) in [6, 6.07) is 22.9. The number of amides is 1. The average molecular weight is 1000 g/mol. The van der Waals surface area contributed by atoms with Crippen LogP contribution in [0.15, 0.2) is 102 Å². The van der Waals surface area contributed by atoms with E-state index in [0.717, 1.165) is 13.8 Å². The van der Waals surface area contributed by atoms with E-state index in [1.54, 1.807) is 99.6 Å². The maximum Gasteiger partial charge on any atom is 0.350 e. The smallest absolute Gasteiger partial charge is 0.350 e. The quantitative estimate of drug-likeness (QED) is 0.0837. The van der Waals surface area contributed by atoms with Gasteiger partial charge in [-0.05, 0) is 61.2 Å². The molecule has 3 N–H and O–H groups in total. The van der Waals surface area contributed by atoms with Gasteiger partial charge in [0.15, 0.2) is 17.5 Å². The molecule has 0 aromatic heterocycles. The van der Waals surface area contributed by atoms with E-state index in [9.17, 15) is 34.2 Å². The van der Waals surface area contributed by atoms with E-state index in [1.165, 1.54) is 26.0 Å². The van der Waals surface area contributed by atoms with Gasteiger partial charge in [0.25, 0.3) is 5.91 Å². The highest BCUT2D eigenvalue weighted by atomic mass is 79.9. The molecular weight excluding hydrogens is 946 g/mol.